The Kier molecular flexibility index (Phi) is 4.53. The van der Waals surface area contributed by atoms with E-state index in [4.69, 9.17) is 0 Å². The van der Waals surface area contributed by atoms with Crippen LogP contribution in [0.15, 0.2) is 84.6 Å². The molecule has 4 nitrogen and oxygen atoms in total. The van der Waals surface area contributed by atoms with E-state index in [1.165, 1.54) is 4.90 Å². The van der Waals surface area contributed by atoms with Gasteiger partial charge in [0, 0.05) is 5.69 Å². The highest BCUT2D eigenvalue weighted by Gasteiger charge is 2.40. The molecule has 1 aliphatic heterocycles. The average molecular weight is 368 g/mol. The molecule has 0 bridgehead atoms. The highest BCUT2D eigenvalue weighted by molar-refractivity contribution is 6.46. The lowest BCUT2D eigenvalue weighted by atomic mass is 10.0. The van der Waals surface area contributed by atoms with Gasteiger partial charge in [-0.25, -0.2) is 4.90 Å². The number of imide groups is 1. The summed E-state index contributed by atoms with van der Waals surface area (Å²) in [7, 11) is 0. The van der Waals surface area contributed by atoms with Crippen molar-refractivity contribution in [3.63, 3.8) is 0 Å². The molecule has 0 radical (unpaired) electrons. The molecule has 4 heteroatoms. The topological polar surface area (TPSA) is 49.4 Å². The fourth-order valence-corrected chi connectivity index (χ4v) is 3.23. The standard InChI is InChI=1S/C24H20N2O2/c1-16-8-12-19(13-9-16)25-22-21(18-6-4-3-5-7-18)23(27)26(24(22)28)20-14-10-17(2)11-15-20/h3-15,25H,1-2H3. The summed E-state index contributed by atoms with van der Waals surface area (Å²) in [5, 5.41) is 3.18. The zero-order valence-electron chi connectivity index (χ0n) is 15.8. The van der Waals surface area contributed by atoms with E-state index >= 15 is 0 Å². The molecule has 0 spiro atoms. The molecule has 0 fully saturated rings. The van der Waals surface area contributed by atoms with E-state index in [0.717, 1.165) is 16.8 Å². The highest BCUT2D eigenvalue weighted by atomic mass is 16.2. The number of anilines is 2. The summed E-state index contributed by atoms with van der Waals surface area (Å²) in [4.78, 5) is 27.7. The van der Waals surface area contributed by atoms with Crippen molar-refractivity contribution in [3.8, 4) is 0 Å². The maximum atomic E-state index is 13.3. The molecule has 4 rings (SSSR count). The molecule has 3 aromatic rings. The maximum absolute atomic E-state index is 13.3. The molecule has 1 aliphatic rings. The molecule has 1 heterocycles. The molecule has 1 N–H and O–H groups in total. The summed E-state index contributed by atoms with van der Waals surface area (Å²) >= 11 is 0. The lowest BCUT2D eigenvalue weighted by Crippen LogP contribution is -2.32. The van der Waals surface area contributed by atoms with Crippen molar-refractivity contribution in [2.75, 3.05) is 10.2 Å². The number of amides is 2. The summed E-state index contributed by atoms with van der Waals surface area (Å²) in [6, 6.07) is 24.4. The molecule has 3 aromatic carbocycles. The quantitative estimate of drug-likeness (QED) is 0.679. The van der Waals surface area contributed by atoms with Crippen LogP contribution < -0.4 is 10.2 Å². The van der Waals surface area contributed by atoms with Crippen LogP contribution in [0.3, 0.4) is 0 Å². The van der Waals surface area contributed by atoms with Gasteiger partial charge in [-0.05, 0) is 43.7 Å². The maximum Gasteiger partial charge on any atom is 0.282 e. The minimum Gasteiger partial charge on any atom is -0.350 e. The Bertz CT molecular complexity index is 1070. The largest absolute Gasteiger partial charge is 0.350 e. The van der Waals surface area contributed by atoms with E-state index in [1.807, 2.05) is 80.6 Å². The van der Waals surface area contributed by atoms with E-state index in [9.17, 15) is 9.59 Å². The van der Waals surface area contributed by atoms with Crippen molar-refractivity contribution in [1.82, 2.24) is 0 Å². The Balaban J connectivity index is 1.80. The van der Waals surface area contributed by atoms with Gasteiger partial charge in [-0.1, -0.05) is 65.7 Å². The fourth-order valence-electron chi connectivity index (χ4n) is 3.23. The molecule has 138 valence electrons. The third-order valence-corrected chi connectivity index (χ3v) is 4.76. The number of nitrogens with one attached hydrogen (secondary N) is 1. The molecule has 0 saturated heterocycles. The first-order valence-corrected chi connectivity index (χ1v) is 9.13. The molecule has 0 aliphatic carbocycles. The van der Waals surface area contributed by atoms with Gasteiger partial charge in [0.2, 0.25) is 0 Å². The van der Waals surface area contributed by atoms with Crippen LogP contribution in [0.2, 0.25) is 0 Å². The van der Waals surface area contributed by atoms with Gasteiger partial charge in [0.05, 0.1) is 11.3 Å². The monoisotopic (exact) mass is 368 g/mol. The van der Waals surface area contributed by atoms with E-state index in [-0.39, 0.29) is 11.8 Å². The summed E-state index contributed by atoms with van der Waals surface area (Å²) in [6.07, 6.45) is 0. The van der Waals surface area contributed by atoms with Crippen LogP contribution in [0.4, 0.5) is 11.4 Å². The number of nitrogens with zero attached hydrogens (tertiary/aromatic N) is 1. The van der Waals surface area contributed by atoms with Crippen molar-refractivity contribution in [3.05, 3.63) is 101 Å². The van der Waals surface area contributed by atoms with Crippen LogP contribution in [0, 0.1) is 13.8 Å². The average Bonchev–Trinajstić information content (AvgIpc) is 2.95. The van der Waals surface area contributed by atoms with Crippen LogP contribution >= 0.6 is 0 Å². The SMILES string of the molecule is Cc1ccc(NC2=C(c3ccccc3)C(=O)N(c3ccc(C)cc3)C2=O)cc1. The summed E-state index contributed by atoms with van der Waals surface area (Å²) in [6.45, 7) is 3.97. The first-order valence-electron chi connectivity index (χ1n) is 9.13. The number of benzene rings is 3. The first-order chi connectivity index (χ1) is 13.5. The Labute approximate surface area is 164 Å². The molecule has 0 aromatic heterocycles. The Morgan fingerprint density at radius 2 is 1.25 bits per heavy atom. The van der Waals surface area contributed by atoms with Gasteiger partial charge in [0.15, 0.2) is 0 Å². The van der Waals surface area contributed by atoms with Crippen molar-refractivity contribution >= 4 is 28.8 Å². The number of hydrogen-bond donors (Lipinski definition) is 1. The van der Waals surface area contributed by atoms with Gasteiger partial charge in [0.25, 0.3) is 11.8 Å². The molecule has 2 amide bonds. The number of carbonyl (C=O) groups is 2. The number of aryl methyl sites for hydroxylation is 2. The zero-order chi connectivity index (χ0) is 19.7. The van der Waals surface area contributed by atoms with E-state index in [2.05, 4.69) is 5.32 Å². The summed E-state index contributed by atoms with van der Waals surface area (Å²) < 4.78 is 0. The van der Waals surface area contributed by atoms with Gasteiger partial charge in [-0.2, -0.15) is 0 Å². The summed E-state index contributed by atoms with van der Waals surface area (Å²) in [5.41, 5.74) is 4.91. The van der Waals surface area contributed by atoms with Crippen LogP contribution in [0.25, 0.3) is 5.57 Å². The Morgan fingerprint density at radius 3 is 1.86 bits per heavy atom. The van der Waals surface area contributed by atoms with Crippen LogP contribution in [0.1, 0.15) is 16.7 Å². The van der Waals surface area contributed by atoms with E-state index < -0.39 is 0 Å². The van der Waals surface area contributed by atoms with Gasteiger partial charge in [-0.3, -0.25) is 9.59 Å². The molecular formula is C24H20N2O2. The minimum atomic E-state index is -0.353. The molecule has 0 atom stereocenters. The molecule has 0 saturated carbocycles. The van der Waals surface area contributed by atoms with Crippen LogP contribution in [-0.4, -0.2) is 11.8 Å². The van der Waals surface area contributed by atoms with Gasteiger partial charge >= 0.3 is 0 Å². The second-order valence-corrected chi connectivity index (χ2v) is 6.89. The lowest BCUT2D eigenvalue weighted by molar-refractivity contribution is -0.120. The van der Waals surface area contributed by atoms with Crippen molar-refractivity contribution in [1.29, 1.82) is 0 Å². The van der Waals surface area contributed by atoms with Gasteiger partial charge in [0.1, 0.15) is 5.70 Å². The lowest BCUT2D eigenvalue weighted by Gasteiger charge is -2.15. The third-order valence-electron chi connectivity index (χ3n) is 4.76. The predicted molar refractivity (Wildman–Crippen MR) is 112 cm³/mol. The highest BCUT2D eigenvalue weighted by Crippen LogP contribution is 2.33. The molecular weight excluding hydrogens is 348 g/mol. The van der Waals surface area contributed by atoms with Gasteiger partial charge in [-0.15, -0.1) is 0 Å². The molecule has 28 heavy (non-hydrogen) atoms. The minimum absolute atomic E-state index is 0.292. The third kappa shape index (κ3) is 3.21. The number of hydrogen-bond acceptors (Lipinski definition) is 3. The Hall–Kier alpha value is -3.66. The smallest absolute Gasteiger partial charge is 0.282 e. The predicted octanol–water partition coefficient (Wildman–Crippen LogP) is 4.70. The number of rotatable bonds is 4. The normalized spacial score (nSPS) is 14.0. The van der Waals surface area contributed by atoms with Crippen LogP contribution in [-0.2, 0) is 9.59 Å². The fraction of sp³-hybridized carbons (Fsp3) is 0.0833. The Morgan fingerprint density at radius 1 is 0.679 bits per heavy atom. The van der Waals surface area contributed by atoms with Crippen molar-refractivity contribution in [2.24, 2.45) is 0 Å². The van der Waals surface area contributed by atoms with Crippen molar-refractivity contribution in [2.45, 2.75) is 13.8 Å². The number of carbonyl (C=O) groups excluding carboxylic acids is 2. The second kappa shape index (κ2) is 7.16. The second-order valence-electron chi connectivity index (χ2n) is 6.89. The van der Waals surface area contributed by atoms with Gasteiger partial charge < -0.3 is 5.32 Å². The molecule has 0 unspecified atom stereocenters. The van der Waals surface area contributed by atoms with E-state index in [1.54, 1.807) is 12.1 Å². The van der Waals surface area contributed by atoms with Crippen LogP contribution in [0.5, 0.6) is 0 Å². The summed E-state index contributed by atoms with van der Waals surface area (Å²) in [5.74, 6) is -0.678. The van der Waals surface area contributed by atoms with Crippen molar-refractivity contribution < 1.29 is 9.59 Å². The zero-order valence-corrected chi connectivity index (χ0v) is 15.8. The first kappa shape index (κ1) is 17.7. The van der Waals surface area contributed by atoms with E-state index in [0.29, 0.717) is 22.5 Å².